The molecule has 4 N–H and O–H groups in total. The minimum Gasteiger partial charge on any atom is -0.497 e. The first-order valence-electron chi connectivity index (χ1n) is 19.9. The summed E-state index contributed by atoms with van der Waals surface area (Å²) in [5.41, 5.74) is 2.54. The van der Waals surface area contributed by atoms with Crippen molar-refractivity contribution in [2.75, 3.05) is 19.8 Å². The Morgan fingerprint density at radius 3 is 2.58 bits per heavy atom. The molecule has 55 heavy (non-hydrogen) atoms. The number of benzene rings is 2. The van der Waals surface area contributed by atoms with Crippen LogP contribution in [0.25, 0.3) is 22.2 Å². The Morgan fingerprint density at radius 1 is 1.04 bits per heavy atom. The number of fused-ring (bicyclic) bond motifs is 3. The zero-order valence-corrected chi connectivity index (χ0v) is 32.7. The Morgan fingerprint density at radius 2 is 1.82 bits per heavy atom. The third-order valence-electron chi connectivity index (χ3n) is 11.6. The van der Waals surface area contributed by atoms with E-state index in [4.69, 9.17) is 14.2 Å². The number of nitrogens with zero attached hydrogens (tertiary/aromatic N) is 1. The Balaban J connectivity index is 1.22. The molecule has 7 rings (SSSR count). The number of carbonyl (C=O) groups excluding carboxylic acids is 3. The summed E-state index contributed by atoms with van der Waals surface area (Å²) in [5.74, 6) is 0.0684. The molecule has 13 heteroatoms. The van der Waals surface area contributed by atoms with E-state index >= 15 is 0 Å². The molecule has 12 nitrogen and oxygen atoms in total. The molecule has 6 atom stereocenters. The topological polar surface area (TPSA) is 158 Å². The Hall–Kier alpha value is -4.41. The number of methoxy groups -OCH3 is 1. The fourth-order valence-electron chi connectivity index (χ4n) is 8.56. The van der Waals surface area contributed by atoms with E-state index in [2.05, 4.69) is 15.6 Å². The van der Waals surface area contributed by atoms with Gasteiger partial charge in [0.1, 0.15) is 41.1 Å². The van der Waals surface area contributed by atoms with Crippen LogP contribution in [-0.4, -0.2) is 77.1 Å². The van der Waals surface area contributed by atoms with Crippen LogP contribution in [0.1, 0.15) is 84.0 Å². The summed E-state index contributed by atoms with van der Waals surface area (Å²) in [4.78, 5) is 58.7. The van der Waals surface area contributed by atoms with Gasteiger partial charge in [-0.15, -0.1) is 0 Å². The first-order valence-corrected chi connectivity index (χ1v) is 21.8. The van der Waals surface area contributed by atoms with Crippen molar-refractivity contribution in [1.82, 2.24) is 15.5 Å². The number of hydrogen-bond acceptors (Lipinski definition) is 7. The lowest BCUT2D eigenvalue weighted by molar-refractivity contribution is -0.331. The van der Waals surface area contributed by atoms with E-state index in [-0.39, 0.29) is 31.1 Å². The average Bonchev–Trinajstić information content (AvgIpc) is 3.45. The molecule has 3 fully saturated rings. The number of alkyl carbamates (subject to hydrolysis) is 1. The van der Waals surface area contributed by atoms with Crippen LogP contribution in [0.15, 0.2) is 66.7 Å². The fourth-order valence-corrected chi connectivity index (χ4v) is 10.9. The number of aromatic amines is 1. The van der Waals surface area contributed by atoms with Crippen LogP contribution in [0.5, 0.6) is 11.5 Å². The van der Waals surface area contributed by atoms with Crippen molar-refractivity contribution >= 4 is 36.2 Å². The maximum absolute atomic E-state index is 14.7. The third-order valence-corrected chi connectivity index (χ3v) is 14.6. The summed E-state index contributed by atoms with van der Waals surface area (Å²) < 4.78 is 31.9. The van der Waals surface area contributed by atoms with Crippen molar-refractivity contribution in [1.29, 1.82) is 0 Å². The molecule has 2 unspecified atom stereocenters. The molecule has 3 aromatic rings. The smallest absolute Gasteiger partial charge is 0.408 e. The molecule has 1 saturated heterocycles. The number of pyridine rings is 1. The predicted molar refractivity (Wildman–Crippen MR) is 209 cm³/mol. The summed E-state index contributed by atoms with van der Waals surface area (Å²) in [6.45, 7) is 1.93. The highest BCUT2D eigenvalue weighted by Crippen LogP contribution is 2.69. The second kappa shape index (κ2) is 16.8. The van der Waals surface area contributed by atoms with Crippen molar-refractivity contribution in [3.05, 3.63) is 66.7 Å². The summed E-state index contributed by atoms with van der Waals surface area (Å²) in [7, 11) is -2.21. The number of hydrogen-bond donors (Lipinski definition) is 3. The largest absolute Gasteiger partial charge is 0.497 e. The highest BCUT2D eigenvalue weighted by molar-refractivity contribution is 7.60. The molecule has 2 aliphatic heterocycles. The molecule has 2 aromatic carbocycles. The number of carbonyl (C=O) groups is 3. The number of nitrogens with one attached hydrogen (secondary N) is 3. The second-order valence-corrected chi connectivity index (χ2v) is 18.2. The van der Waals surface area contributed by atoms with Gasteiger partial charge in [0.15, 0.2) is 0 Å². The normalized spacial score (nSPS) is 27.8. The van der Waals surface area contributed by atoms with Gasteiger partial charge < -0.3 is 34.6 Å². The summed E-state index contributed by atoms with van der Waals surface area (Å²) in [5, 5.41) is 5.40. The molecule has 0 bridgehead atoms. The van der Waals surface area contributed by atoms with Gasteiger partial charge in [-0.2, -0.15) is 0 Å². The Labute approximate surface area is 322 Å². The van der Waals surface area contributed by atoms with E-state index in [1.54, 1.807) is 7.11 Å². The molecule has 3 heterocycles. The van der Waals surface area contributed by atoms with Crippen LogP contribution in [0.2, 0.25) is 0 Å². The zero-order valence-electron chi connectivity index (χ0n) is 31.8. The maximum atomic E-state index is 14.7. The SMILES string of the molecule is CCCP(=O)(O)[C@@]12C[C@H]1/C=C\CCCCC[C@H](NC(=O)OC1CCCC1)C(=O)N1CC(Oc3cc(-c4ccccc4)[nH+]c4cc(OC)ccc34)C[C@H]1C(=O)N2. The first kappa shape index (κ1) is 38.8. The number of rotatable bonds is 9. The standard InChI is InChI=1S/C42H53N4O8P/c1-3-22-55(50,51)42-26-29(42)16-10-5-4-6-11-19-34(44-41(49)54-30-17-12-13-18-30)40(48)46-27-32(24-37(46)39(47)45-42)53-38-25-35(28-14-8-7-9-15-28)43-36-23-31(52-2)20-21-33(36)38/h7-10,14-16,20-21,23,25,29-30,32,34,37H,3-6,11-13,17-19,22,24,26-27H2,1-2H3,(H,44,49)(H,45,47)(H,50,51)/p+1/b16-10-/t29-,32?,34+,37+,42+/m1/s1. The van der Waals surface area contributed by atoms with Gasteiger partial charge in [0.2, 0.25) is 30.4 Å². The fraction of sp³-hybridized carbons (Fsp3) is 0.524. The number of H-pyrrole nitrogens is 1. The van der Waals surface area contributed by atoms with E-state index in [1.165, 1.54) is 4.90 Å². The number of aromatic nitrogens is 1. The molecule has 0 spiro atoms. The monoisotopic (exact) mass is 773 g/mol. The van der Waals surface area contributed by atoms with E-state index in [0.29, 0.717) is 37.2 Å². The lowest BCUT2D eigenvalue weighted by Crippen LogP contribution is -2.55. The van der Waals surface area contributed by atoms with Gasteiger partial charge in [-0.05, 0) is 82.1 Å². The number of amides is 3. The minimum absolute atomic E-state index is 0.0752. The molecule has 2 saturated carbocycles. The summed E-state index contributed by atoms with van der Waals surface area (Å²) in [6.07, 6.45) is 10.8. The van der Waals surface area contributed by atoms with Gasteiger partial charge in [0, 0.05) is 24.1 Å². The second-order valence-electron chi connectivity index (χ2n) is 15.5. The van der Waals surface area contributed by atoms with Crippen LogP contribution in [0, 0.1) is 5.92 Å². The molecule has 3 amide bonds. The minimum atomic E-state index is -3.82. The maximum Gasteiger partial charge on any atom is 0.408 e. The van der Waals surface area contributed by atoms with E-state index < -0.39 is 48.7 Å². The van der Waals surface area contributed by atoms with Crippen molar-refractivity contribution in [3.8, 4) is 22.8 Å². The van der Waals surface area contributed by atoms with Crippen LogP contribution in [0.4, 0.5) is 4.79 Å². The Bertz CT molecular complexity index is 1950. The van der Waals surface area contributed by atoms with E-state index in [9.17, 15) is 23.8 Å². The van der Waals surface area contributed by atoms with Crippen LogP contribution >= 0.6 is 7.37 Å². The molecule has 2 aliphatic carbocycles. The summed E-state index contributed by atoms with van der Waals surface area (Å²) in [6, 6.07) is 15.5. The highest BCUT2D eigenvalue weighted by Gasteiger charge is 2.65. The van der Waals surface area contributed by atoms with Gasteiger partial charge in [-0.25, -0.2) is 9.78 Å². The Kier molecular flexibility index (Phi) is 11.8. The van der Waals surface area contributed by atoms with E-state index in [1.807, 2.05) is 73.7 Å². The molecule has 294 valence electrons. The lowest BCUT2D eigenvalue weighted by Gasteiger charge is -2.31. The van der Waals surface area contributed by atoms with Crippen LogP contribution < -0.4 is 25.1 Å². The lowest BCUT2D eigenvalue weighted by atomic mass is 10.0. The predicted octanol–water partition coefficient (Wildman–Crippen LogP) is 6.75. The number of ether oxygens (including phenoxy) is 3. The highest BCUT2D eigenvalue weighted by atomic mass is 31.2. The molecule has 0 radical (unpaired) electrons. The van der Waals surface area contributed by atoms with Crippen LogP contribution in [-0.2, 0) is 18.9 Å². The molecule has 1 aromatic heterocycles. The third kappa shape index (κ3) is 8.55. The summed E-state index contributed by atoms with van der Waals surface area (Å²) >= 11 is 0. The van der Waals surface area contributed by atoms with Gasteiger partial charge in [-0.1, -0.05) is 50.1 Å². The van der Waals surface area contributed by atoms with Crippen molar-refractivity contribution in [3.63, 3.8) is 0 Å². The zero-order chi connectivity index (χ0) is 38.6. The van der Waals surface area contributed by atoms with Gasteiger partial charge in [0.05, 0.1) is 31.2 Å². The molecular weight excluding hydrogens is 719 g/mol. The van der Waals surface area contributed by atoms with Crippen molar-refractivity contribution < 1.29 is 43.0 Å². The van der Waals surface area contributed by atoms with Gasteiger partial charge in [0.25, 0.3) is 0 Å². The van der Waals surface area contributed by atoms with E-state index in [0.717, 1.165) is 67.1 Å². The van der Waals surface area contributed by atoms with Crippen LogP contribution in [0.3, 0.4) is 0 Å². The molecular formula is C42H54N4O8P+. The van der Waals surface area contributed by atoms with Gasteiger partial charge in [-0.3, -0.25) is 14.2 Å². The van der Waals surface area contributed by atoms with Crippen molar-refractivity contribution in [2.45, 2.75) is 114 Å². The van der Waals surface area contributed by atoms with Crippen molar-refractivity contribution in [2.24, 2.45) is 5.92 Å². The quantitative estimate of drug-likeness (QED) is 0.159. The average molecular weight is 774 g/mol. The number of allylic oxidation sites excluding steroid dienone is 1. The first-order chi connectivity index (χ1) is 26.6. The molecule has 4 aliphatic rings. The van der Waals surface area contributed by atoms with Gasteiger partial charge >= 0.3 is 6.09 Å².